The highest BCUT2D eigenvalue weighted by Gasteiger charge is 2.33. The fraction of sp³-hybridized carbons (Fsp3) is 0.350. The van der Waals surface area contributed by atoms with E-state index in [1.807, 2.05) is 25.1 Å². The van der Waals surface area contributed by atoms with Crippen molar-refractivity contribution in [2.45, 2.75) is 29.9 Å². The standard InChI is InChI=1S/C20H23NO4S/c1-15-4-3-5-16(14-15)20(22)21-12-10-19(11-13-21)26(23,24)18-8-6-17(25-2)7-9-18/h3-9,14,19H,10-13H2,1-2H3. The van der Waals surface area contributed by atoms with Gasteiger partial charge in [0.1, 0.15) is 5.75 Å². The van der Waals surface area contributed by atoms with Crippen LogP contribution in [0.25, 0.3) is 0 Å². The second-order valence-electron chi connectivity index (χ2n) is 6.58. The van der Waals surface area contributed by atoms with Crippen molar-refractivity contribution in [1.29, 1.82) is 0 Å². The van der Waals surface area contributed by atoms with Crippen LogP contribution in [0.3, 0.4) is 0 Å². The topological polar surface area (TPSA) is 63.7 Å². The Morgan fingerprint density at radius 2 is 1.73 bits per heavy atom. The maximum atomic E-state index is 12.8. The molecule has 0 saturated carbocycles. The van der Waals surface area contributed by atoms with Crippen LogP contribution in [0.1, 0.15) is 28.8 Å². The van der Waals surface area contributed by atoms with Crippen molar-refractivity contribution in [2.24, 2.45) is 0 Å². The lowest BCUT2D eigenvalue weighted by Gasteiger charge is -2.32. The number of rotatable bonds is 4. The number of hydrogen-bond acceptors (Lipinski definition) is 4. The zero-order valence-electron chi connectivity index (χ0n) is 15.0. The Balaban J connectivity index is 1.68. The number of nitrogens with zero attached hydrogens (tertiary/aromatic N) is 1. The van der Waals surface area contributed by atoms with Gasteiger partial charge in [0.15, 0.2) is 9.84 Å². The molecule has 138 valence electrons. The molecule has 1 aliphatic heterocycles. The van der Waals surface area contributed by atoms with E-state index in [9.17, 15) is 13.2 Å². The number of ether oxygens (including phenoxy) is 1. The van der Waals surface area contributed by atoms with Crippen LogP contribution in [0.2, 0.25) is 0 Å². The van der Waals surface area contributed by atoms with Gasteiger partial charge in [0.2, 0.25) is 0 Å². The smallest absolute Gasteiger partial charge is 0.253 e. The van der Waals surface area contributed by atoms with Gasteiger partial charge >= 0.3 is 0 Å². The summed E-state index contributed by atoms with van der Waals surface area (Å²) in [6.07, 6.45) is 0.901. The maximum Gasteiger partial charge on any atom is 0.253 e. The summed E-state index contributed by atoms with van der Waals surface area (Å²) in [7, 11) is -1.85. The number of sulfone groups is 1. The molecule has 0 aliphatic carbocycles. The third-order valence-corrected chi connectivity index (χ3v) is 7.10. The number of carbonyl (C=O) groups is 1. The summed E-state index contributed by atoms with van der Waals surface area (Å²) in [4.78, 5) is 14.7. The average molecular weight is 373 g/mol. The quantitative estimate of drug-likeness (QED) is 0.826. The number of amides is 1. The van der Waals surface area contributed by atoms with E-state index in [1.54, 1.807) is 42.3 Å². The molecule has 5 nitrogen and oxygen atoms in total. The molecule has 1 fully saturated rings. The molecule has 0 N–H and O–H groups in total. The van der Waals surface area contributed by atoms with E-state index in [-0.39, 0.29) is 5.91 Å². The summed E-state index contributed by atoms with van der Waals surface area (Å²) in [6.45, 7) is 2.85. The van der Waals surface area contributed by atoms with Crippen molar-refractivity contribution >= 4 is 15.7 Å². The van der Waals surface area contributed by atoms with Crippen molar-refractivity contribution in [3.63, 3.8) is 0 Å². The highest BCUT2D eigenvalue weighted by atomic mass is 32.2. The summed E-state index contributed by atoms with van der Waals surface area (Å²) in [5, 5.41) is -0.461. The molecule has 2 aromatic rings. The number of methoxy groups -OCH3 is 1. The lowest BCUT2D eigenvalue weighted by molar-refractivity contribution is 0.0725. The molecule has 1 saturated heterocycles. The normalized spacial score (nSPS) is 15.7. The average Bonchev–Trinajstić information content (AvgIpc) is 2.67. The summed E-state index contributed by atoms with van der Waals surface area (Å²) in [5.74, 6) is 0.594. The highest BCUT2D eigenvalue weighted by Crippen LogP contribution is 2.26. The predicted octanol–water partition coefficient (Wildman–Crippen LogP) is 3.08. The number of likely N-dealkylation sites (tertiary alicyclic amines) is 1. The van der Waals surface area contributed by atoms with Gasteiger partial charge in [-0.05, 0) is 56.2 Å². The van der Waals surface area contributed by atoms with Gasteiger partial charge in [-0.1, -0.05) is 17.7 Å². The van der Waals surface area contributed by atoms with Crippen molar-refractivity contribution in [3.05, 3.63) is 59.7 Å². The predicted molar refractivity (Wildman–Crippen MR) is 100 cm³/mol. The zero-order chi connectivity index (χ0) is 18.7. The molecule has 1 heterocycles. The molecular formula is C20H23NO4S. The number of carbonyl (C=O) groups excluding carboxylic acids is 1. The number of piperidine rings is 1. The zero-order valence-corrected chi connectivity index (χ0v) is 15.8. The number of aryl methyl sites for hydroxylation is 1. The summed E-state index contributed by atoms with van der Waals surface area (Å²) in [5.41, 5.74) is 1.69. The molecule has 0 spiro atoms. The number of benzene rings is 2. The van der Waals surface area contributed by atoms with Gasteiger partial charge in [-0.15, -0.1) is 0 Å². The van der Waals surface area contributed by atoms with Crippen LogP contribution in [-0.2, 0) is 9.84 Å². The van der Waals surface area contributed by atoms with E-state index < -0.39 is 15.1 Å². The van der Waals surface area contributed by atoms with Crippen molar-refractivity contribution in [3.8, 4) is 5.75 Å². The Morgan fingerprint density at radius 1 is 1.08 bits per heavy atom. The van der Waals surface area contributed by atoms with E-state index in [1.165, 1.54) is 0 Å². The Morgan fingerprint density at radius 3 is 2.31 bits per heavy atom. The van der Waals surface area contributed by atoms with Gasteiger partial charge in [-0.25, -0.2) is 8.42 Å². The van der Waals surface area contributed by atoms with Gasteiger partial charge < -0.3 is 9.64 Å². The van der Waals surface area contributed by atoms with Crippen molar-refractivity contribution in [2.75, 3.05) is 20.2 Å². The molecule has 2 aromatic carbocycles. The first-order valence-corrected chi connectivity index (χ1v) is 10.2. The van der Waals surface area contributed by atoms with Crippen molar-refractivity contribution < 1.29 is 17.9 Å². The molecule has 0 atom stereocenters. The molecule has 0 radical (unpaired) electrons. The van der Waals surface area contributed by atoms with E-state index >= 15 is 0 Å². The lowest BCUT2D eigenvalue weighted by atomic mass is 10.1. The third kappa shape index (κ3) is 3.75. The summed E-state index contributed by atoms with van der Waals surface area (Å²) < 4.78 is 30.7. The lowest BCUT2D eigenvalue weighted by Crippen LogP contribution is -2.42. The molecule has 1 amide bonds. The second kappa shape index (κ2) is 7.50. The van der Waals surface area contributed by atoms with Crippen LogP contribution in [0.15, 0.2) is 53.4 Å². The first kappa shape index (κ1) is 18.5. The molecule has 0 unspecified atom stereocenters. The van der Waals surface area contributed by atoms with Crippen molar-refractivity contribution in [1.82, 2.24) is 4.90 Å². The van der Waals surface area contributed by atoms with Crippen LogP contribution in [0.4, 0.5) is 0 Å². The van der Waals surface area contributed by atoms with Gasteiger partial charge in [0.25, 0.3) is 5.91 Å². The van der Waals surface area contributed by atoms with Crippen LogP contribution in [-0.4, -0.2) is 44.7 Å². The monoisotopic (exact) mass is 373 g/mol. The summed E-state index contributed by atoms with van der Waals surface area (Å²) in [6, 6.07) is 14.0. The molecule has 0 aromatic heterocycles. The van der Waals surface area contributed by atoms with Crippen LogP contribution >= 0.6 is 0 Å². The fourth-order valence-electron chi connectivity index (χ4n) is 3.29. The molecule has 0 bridgehead atoms. The first-order chi connectivity index (χ1) is 12.4. The Hall–Kier alpha value is -2.34. The van der Waals surface area contributed by atoms with Gasteiger partial charge in [-0.3, -0.25) is 4.79 Å². The molecule has 6 heteroatoms. The van der Waals surface area contributed by atoms with Crippen LogP contribution in [0.5, 0.6) is 5.75 Å². The molecule has 1 aliphatic rings. The number of hydrogen-bond donors (Lipinski definition) is 0. The van der Waals surface area contributed by atoms with Crippen LogP contribution < -0.4 is 4.74 Å². The van der Waals surface area contributed by atoms with Gasteiger partial charge in [-0.2, -0.15) is 0 Å². The minimum Gasteiger partial charge on any atom is -0.497 e. The van der Waals surface area contributed by atoms with E-state index in [4.69, 9.17) is 4.74 Å². The SMILES string of the molecule is COc1ccc(S(=O)(=O)C2CCN(C(=O)c3cccc(C)c3)CC2)cc1. The van der Waals surface area contributed by atoms with Crippen LogP contribution in [0, 0.1) is 6.92 Å². The van der Waals surface area contributed by atoms with E-state index in [2.05, 4.69) is 0 Å². The minimum atomic E-state index is -3.40. The first-order valence-electron chi connectivity index (χ1n) is 8.65. The summed E-state index contributed by atoms with van der Waals surface area (Å²) >= 11 is 0. The fourth-order valence-corrected chi connectivity index (χ4v) is 5.02. The largest absolute Gasteiger partial charge is 0.497 e. The second-order valence-corrected chi connectivity index (χ2v) is 8.81. The maximum absolute atomic E-state index is 12.8. The third-order valence-electron chi connectivity index (χ3n) is 4.82. The highest BCUT2D eigenvalue weighted by molar-refractivity contribution is 7.92. The molecule has 3 rings (SSSR count). The van der Waals surface area contributed by atoms with E-state index in [0.717, 1.165) is 5.56 Å². The molecular weight excluding hydrogens is 350 g/mol. The Kier molecular flexibility index (Phi) is 5.32. The van der Waals surface area contributed by atoms with E-state index in [0.29, 0.717) is 42.1 Å². The minimum absolute atomic E-state index is 0.0333. The Bertz CT molecular complexity index is 882. The Labute approximate surface area is 154 Å². The van der Waals surface area contributed by atoms with Gasteiger partial charge in [0, 0.05) is 18.7 Å². The van der Waals surface area contributed by atoms with Gasteiger partial charge in [0.05, 0.1) is 17.3 Å². The molecule has 26 heavy (non-hydrogen) atoms.